The highest BCUT2D eigenvalue weighted by molar-refractivity contribution is 5.98. The number of carbonyl (C=O) groups is 2. The number of hydrogen-bond acceptors (Lipinski definition) is 3. The van der Waals surface area contributed by atoms with Gasteiger partial charge in [-0.1, -0.05) is 0 Å². The lowest BCUT2D eigenvalue weighted by molar-refractivity contribution is -0.153. The van der Waals surface area contributed by atoms with Crippen LogP contribution in [-0.2, 0) is 9.59 Å². The van der Waals surface area contributed by atoms with Gasteiger partial charge in [0.1, 0.15) is 5.54 Å². The van der Waals surface area contributed by atoms with Gasteiger partial charge in [-0.15, -0.1) is 0 Å². The van der Waals surface area contributed by atoms with Crippen LogP contribution in [0, 0.1) is 0 Å². The van der Waals surface area contributed by atoms with Crippen LogP contribution < -0.4 is 5.32 Å². The van der Waals surface area contributed by atoms with Crippen molar-refractivity contribution >= 4 is 11.9 Å². The second kappa shape index (κ2) is 4.14. The predicted octanol–water partition coefficient (Wildman–Crippen LogP) is 0.372. The van der Waals surface area contributed by atoms with Crippen LogP contribution in [0.4, 0.5) is 0 Å². The summed E-state index contributed by atoms with van der Waals surface area (Å²) in [7, 11) is 0. The van der Waals surface area contributed by atoms with Crippen molar-refractivity contribution in [1.82, 2.24) is 10.2 Å². The third-order valence-corrected chi connectivity index (χ3v) is 3.87. The minimum Gasteiger partial charge on any atom is -0.480 e. The summed E-state index contributed by atoms with van der Waals surface area (Å²) < 4.78 is 0. The zero-order chi connectivity index (χ0) is 12.6. The van der Waals surface area contributed by atoms with Gasteiger partial charge in [0.15, 0.2) is 0 Å². The SMILES string of the molecule is CC(C(=O)N1CCCC1(C)C(=O)O)=C1CNC1. The van der Waals surface area contributed by atoms with Crippen molar-refractivity contribution in [2.24, 2.45) is 0 Å². The molecule has 0 bridgehead atoms. The summed E-state index contributed by atoms with van der Waals surface area (Å²) >= 11 is 0. The maximum absolute atomic E-state index is 12.3. The Morgan fingerprint density at radius 2 is 2.06 bits per heavy atom. The first-order chi connectivity index (χ1) is 7.97. The molecule has 94 valence electrons. The van der Waals surface area contributed by atoms with Gasteiger partial charge in [-0.05, 0) is 32.3 Å². The van der Waals surface area contributed by atoms with Crippen molar-refractivity contribution in [2.75, 3.05) is 19.6 Å². The Hall–Kier alpha value is -1.36. The molecule has 0 saturated carbocycles. The Balaban J connectivity index is 2.22. The zero-order valence-electron chi connectivity index (χ0n) is 10.2. The molecule has 0 radical (unpaired) electrons. The first-order valence-electron chi connectivity index (χ1n) is 5.91. The van der Waals surface area contributed by atoms with Gasteiger partial charge >= 0.3 is 5.97 Å². The number of carboxylic acid groups (broad SMARTS) is 1. The molecule has 1 atom stereocenters. The molecule has 2 saturated heterocycles. The molecule has 2 aliphatic rings. The normalized spacial score (nSPS) is 27.9. The smallest absolute Gasteiger partial charge is 0.329 e. The molecule has 2 aliphatic heterocycles. The molecule has 1 amide bonds. The van der Waals surface area contributed by atoms with Crippen molar-refractivity contribution in [3.63, 3.8) is 0 Å². The Morgan fingerprint density at radius 3 is 2.53 bits per heavy atom. The highest BCUT2D eigenvalue weighted by Crippen LogP contribution is 2.31. The van der Waals surface area contributed by atoms with E-state index in [1.54, 1.807) is 13.8 Å². The second-order valence-electron chi connectivity index (χ2n) is 4.97. The van der Waals surface area contributed by atoms with Crippen LogP contribution in [0.2, 0.25) is 0 Å². The number of nitrogens with zero attached hydrogens (tertiary/aromatic N) is 1. The first-order valence-corrected chi connectivity index (χ1v) is 5.91. The van der Waals surface area contributed by atoms with E-state index in [2.05, 4.69) is 5.32 Å². The Kier molecular flexibility index (Phi) is 2.95. The van der Waals surface area contributed by atoms with Crippen molar-refractivity contribution in [2.45, 2.75) is 32.2 Å². The van der Waals surface area contributed by atoms with E-state index in [0.717, 1.165) is 25.1 Å². The number of carbonyl (C=O) groups excluding carboxylic acids is 1. The topological polar surface area (TPSA) is 69.6 Å². The minimum absolute atomic E-state index is 0.121. The van der Waals surface area contributed by atoms with Crippen molar-refractivity contribution in [3.05, 3.63) is 11.1 Å². The zero-order valence-corrected chi connectivity index (χ0v) is 10.2. The predicted molar refractivity (Wildman–Crippen MR) is 62.6 cm³/mol. The molecule has 2 fully saturated rings. The molecule has 0 aromatic rings. The number of rotatable bonds is 2. The van der Waals surface area contributed by atoms with Gasteiger partial charge in [-0.25, -0.2) is 4.79 Å². The average Bonchev–Trinajstić information content (AvgIpc) is 2.58. The van der Waals surface area contributed by atoms with Gasteiger partial charge in [0.2, 0.25) is 5.91 Å². The van der Waals surface area contributed by atoms with Crippen LogP contribution in [0.5, 0.6) is 0 Å². The fraction of sp³-hybridized carbons (Fsp3) is 0.667. The van der Waals surface area contributed by atoms with Crippen LogP contribution in [0.25, 0.3) is 0 Å². The van der Waals surface area contributed by atoms with Crippen LogP contribution in [0.15, 0.2) is 11.1 Å². The van der Waals surface area contributed by atoms with Gasteiger partial charge < -0.3 is 15.3 Å². The molecule has 0 aromatic carbocycles. The average molecular weight is 238 g/mol. The molecule has 0 spiro atoms. The van der Waals surface area contributed by atoms with Gasteiger partial charge in [0.25, 0.3) is 0 Å². The summed E-state index contributed by atoms with van der Waals surface area (Å²) in [5.41, 5.74) is 0.767. The number of amides is 1. The standard InChI is InChI=1S/C12H18N2O3/c1-8(9-6-13-7-9)10(15)14-5-3-4-12(14,2)11(16)17/h13H,3-7H2,1-2H3,(H,16,17). The molecule has 0 aromatic heterocycles. The molecule has 5 nitrogen and oxygen atoms in total. The van der Waals surface area contributed by atoms with Gasteiger partial charge in [0, 0.05) is 25.2 Å². The highest BCUT2D eigenvalue weighted by Gasteiger charge is 2.46. The number of aliphatic carboxylic acids is 1. The third-order valence-electron chi connectivity index (χ3n) is 3.87. The number of nitrogens with one attached hydrogen (secondary N) is 1. The van der Waals surface area contributed by atoms with Crippen molar-refractivity contribution < 1.29 is 14.7 Å². The summed E-state index contributed by atoms with van der Waals surface area (Å²) in [6.07, 6.45) is 1.30. The lowest BCUT2D eigenvalue weighted by Crippen LogP contribution is -2.51. The minimum atomic E-state index is -1.03. The van der Waals surface area contributed by atoms with E-state index in [1.807, 2.05) is 0 Å². The Bertz CT molecular complexity index is 397. The Labute approximate surface area is 100 Å². The van der Waals surface area contributed by atoms with E-state index >= 15 is 0 Å². The van der Waals surface area contributed by atoms with E-state index in [9.17, 15) is 14.7 Å². The first kappa shape index (κ1) is 12.1. The van der Waals surface area contributed by atoms with E-state index in [4.69, 9.17) is 0 Å². The van der Waals surface area contributed by atoms with E-state index in [-0.39, 0.29) is 5.91 Å². The summed E-state index contributed by atoms with van der Waals surface area (Å²) in [5, 5.41) is 12.3. The van der Waals surface area contributed by atoms with Crippen LogP contribution >= 0.6 is 0 Å². The molecular weight excluding hydrogens is 220 g/mol. The molecule has 0 aliphatic carbocycles. The van der Waals surface area contributed by atoms with Crippen molar-refractivity contribution in [3.8, 4) is 0 Å². The summed E-state index contributed by atoms with van der Waals surface area (Å²) in [4.78, 5) is 25.1. The van der Waals surface area contributed by atoms with E-state index < -0.39 is 11.5 Å². The quantitative estimate of drug-likeness (QED) is 0.682. The van der Waals surface area contributed by atoms with Gasteiger partial charge in [-0.3, -0.25) is 4.79 Å². The molecule has 17 heavy (non-hydrogen) atoms. The second-order valence-corrected chi connectivity index (χ2v) is 4.97. The van der Waals surface area contributed by atoms with Crippen LogP contribution in [0.1, 0.15) is 26.7 Å². The Morgan fingerprint density at radius 1 is 1.41 bits per heavy atom. The lowest BCUT2D eigenvalue weighted by atomic mass is 9.97. The monoisotopic (exact) mass is 238 g/mol. The largest absolute Gasteiger partial charge is 0.480 e. The number of carboxylic acids is 1. The molecular formula is C12H18N2O3. The molecule has 1 unspecified atom stereocenters. The maximum atomic E-state index is 12.3. The lowest BCUT2D eigenvalue weighted by Gasteiger charge is -2.33. The molecule has 2 N–H and O–H groups in total. The van der Waals surface area contributed by atoms with Crippen LogP contribution in [-0.4, -0.2) is 47.1 Å². The van der Waals surface area contributed by atoms with Gasteiger partial charge in [-0.2, -0.15) is 0 Å². The van der Waals surface area contributed by atoms with E-state index in [1.165, 1.54) is 4.90 Å². The highest BCUT2D eigenvalue weighted by atomic mass is 16.4. The van der Waals surface area contributed by atoms with E-state index in [0.29, 0.717) is 18.5 Å². The molecule has 5 heteroatoms. The number of hydrogen-bond donors (Lipinski definition) is 2. The maximum Gasteiger partial charge on any atom is 0.329 e. The number of likely N-dealkylation sites (tertiary alicyclic amines) is 1. The van der Waals surface area contributed by atoms with Crippen molar-refractivity contribution in [1.29, 1.82) is 0 Å². The molecule has 2 heterocycles. The van der Waals surface area contributed by atoms with Crippen LogP contribution in [0.3, 0.4) is 0 Å². The third kappa shape index (κ3) is 1.84. The summed E-state index contributed by atoms with van der Waals surface area (Å²) in [6.45, 7) is 5.46. The van der Waals surface area contributed by atoms with Gasteiger partial charge in [0.05, 0.1) is 0 Å². The fourth-order valence-electron chi connectivity index (χ4n) is 2.38. The molecule has 2 rings (SSSR count). The summed E-state index contributed by atoms with van der Waals surface area (Å²) in [6, 6.07) is 0. The fourth-order valence-corrected chi connectivity index (χ4v) is 2.38. The summed E-state index contributed by atoms with van der Waals surface area (Å²) in [5.74, 6) is -1.03.